The molecule has 1 aliphatic heterocycles. The smallest absolute Gasteiger partial charge is 0.313 e. The Bertz CT molecular complexity index is 1120. The Morgan fingerprint density at radius 2 is 1.73 bits per heavy atom. The van der Waals surface area contributed by atoms with Crippen molar-refractivity contribution in [3.8, 4) is 5.75 Å². The number of carbonyl (C=O) groups excluding carboxylic acids is 2. The van der Waals surface area contributed by atoms with Crippen molar-refractivity contribution in [3.05, 3.63) is 84.0 Å². The molecule has 7 nitrogen and oxygen atoms in total. The van der Waals surface area contributed by atoms with Crippen LogP contribution in [0, 0.1) is 0 Å². The van der Waals surface area contributed by atoms with Crippen LogP contribution in [0.25, 0.3) is 6.08 Å². The Hall–Kier alpha value is -3.30. The van der Waals surface area contributed by atoms with Gasteiger partial charge in [0.15, 0.2) is 5.11 Å². The minimum atomic E-state index is -3.83. The van der Waals surface area contributed by atoms with Crippen LogP contribution in [0.1, 0.15) is 11.1 Å². The minimum Gasteiger partial charge on any atom is -0.382 e. The van der Waals surface area contributed by atoms with Crippen LogP contribution in [-0.2, 0) is 25.5 Å². The fourth-order valence-electron chi connectivity index (χ4n) is 2.73. The third-order valence-electron chi connectivity index (χ3n) is 4.10. The van der Waals surface area contributed by atoms with Gasteiger partial charge in [-0.3, -0.25) is 19.8 Å². The zero-order valence-electron chi connectivity index (χ0n) is 15.8. The molecule has 30 heavy (non-hydrogen) atoms. The predicted molar refractivity (Wildman–Crippen MR) is 117 cm³/mol. The summed E-state index contributed by atoms with van der Waals surface area (Å²) < 4.78 is 29.6. The summed E-state index contributed by atoms with van der Waals surface area (Å²) in [6.07, 6.45) is 2.90. The van der Waals surface area contributed by atoms with E-state index in [-0.39, 0.29) is 28.7 Å². The van der Waals surface area contributed by atoms with Crippen molar-refractivity contribution in [3.63, 3.8) is 0 Å². The molecule has 154 valence electrons. The first-order chi connectivity index (χ1) is 14.3. The Balaban J connectivity index is 1.75. The fraction of sp³-hybridized carbons (Fsp3) is 0.0952. The van der Waals surface area contributed by atoms with Gasteiger partial charge in [-0.25, -0.2) is 0 Å². The second-order valence-electron chi connectivity index (χ2n) is 6.36. The van der Waals surface area contributed by atoms with E-state index in [0.717, 1.165) is 0 Å². The molecule has 1 heterocycles. The molecule has 9 heteroatoms. The third kappa shape index (κ3) is 5.19. The fourth-order valence-corrected chi connectivity index (χ4v) is 4.04. The quantitative estimate of drug-likeness (QED) is 0.233. The van der Waals surface area contributed by atoms with Gasteiger partial charge in [-0.15, -0.1) is 6.58 Å². The summed E-state index contributed by atoms with van der Waals surface area (Å²) >= 11 is 5.00. The average Bonchev–Trinajstić information content (AvgIpc) is 2.70. The van der Waals surface area contributed by atoms with Gasteiger partial charge in [0.2, 0.25) is 0 Å². The maximum atomic E-state index is 12.5. The van der Waals surface area contributed by atoms with Crippen LogP contribution in [-0.4, -0.2) is 36.8 Å². The van der Waals surface area contributed by atoms with Gasteiger partial charge in [0.1, 0.15) is 17.1 Å². The molecule has 0 atom stereocenters. The van der Waals surface area contributed by atoms with Crippen molar-refractivity contribution >= 4 is 45.3 Å². The molecule has 0 aliphatic carbocycles. The number of amides is 2. The van der Waals surface area contributed by atoms with E-state index in [1.807, 2.05) is 0 Å². The summed E-state index contributed by atoms with van der Waals surface area (Å²) in [7, 11) is -3.83. The highest BCUT2D eigenvalue weighted by Crippen LogP contribution is 2.20. The topological polar surface area (TPSA) is 92.8 Å². The van der Waals surface area contributed by atoms with Crippen LogP contribution in [0.3, 0.4) is 0 Å². The number of benzene rings is 2. The summed E-state index contributed by atoms with van der Waals surface area (Å²) in [4.78, 5) is 25.9. The van der Waals surface area contributed by atoms with Gasteiger partial charge in [0.05, 0.1) is 0 Å². The summed E-state index contributed by atoms with van der Waals surface area (Å²) in [5.41, 5.74) is 1.05. The van der Waals surface area contributed by atoms with Crippen LogP contribution < -0.4 is 9.50 Å². The summed E-state index contributed by atoms with van der Waals surface area (Å²) in [5.74, 6) is -1.26. The maximum Gasteiger partial charge on any atom is 0.313 e. The SMILES string of the molecule is C=CCN1C(=O)/C(=C/c2ccc(OS(=O)(=O)Cc3ccccc3)cc2)C(=O)NC1=S. The van der Waals surface area contributed by atoms with Crippen molar-refractivity contribution in [1.82, 2.24) is 10.2 Å². The lowest BCUT2D eigenvalue weighted by atomic mass is 10.1. The highest BCUT2D eigenvalue weighted by atomic mass is 32.2. The highest BCUT2D eigenvalue weighted by Gasteiger charge is 2.32. The van der Waals surface area contributed by atoms with Crippen molar-refractivity contribution in [2.45, 2.75) is 5.75 Å². The molecule has 0 unspecified atom stereocenters. The van der Waals surface area contributed by atoms with Gasteiger partial charge < -0.3 is 4.18 Å². The Morgan fingerprint density at radius 1 is 1.07 bits per heavy atom. The first-order valence-corrected chi connectivity index (χ1v) is 10.8. The minimum absolute atomic E-state index is 0.0226. The lowest BCUT2D eigenvalue weighted by Gasteiger charge is -2.27. The van der Waals surface area contributed by atoms with Crippen molar-refractivity contribution in [2.75, 3.05) is 6.54 Å². The molecule has 2 aromatic rings. The van der Waals surface area contributed by atoms with Crippen molar-refractivity contribution < 1.29 is 22.2 Å². The highest BCUT2D eigenvalue weighted by molar-refractivity contribution is 7.86. The summed E-state index contributed by atoms with van der Waals surface area (Å²) in [5, 5.41) is 2.48. The van der Waals surface area contributed by atoms with E-state index < -0.39 is 21.9 Å². The normalized spacial score (nSPS) is 15.8. The van der Waals surface area contributed by atoms with Gasteiger partial charge in [-0.2, -0.15) is 8.42 Å². The van der Waals surface area contributed by atoms with E-state index in [4.69, 9.17) is 16.4 Å². The van der Waals surface area contributed by atoms with Gasteiger partial charge >= 0.3 is 10.1 Å². The number of hydrogen-bond donors (Lipinski definition) is 1. The number of thiocarbonyl (C=S) groups is 1. The average molecular weight is 443 g/mol. The monoisotopic (exact) mass is 442 g/mol. The molecule has 1 saturated heterocycles. The molecule has 0 radical (unpaired) electrons. The molecule has 0 aromatic heterocycles. The second-order valence-corrected chi connectivity index (χ2v) is 8.32. The van der Waals surface area contributed by atoms with Gasteiger partial charge in [-0.05, 0) is 41.6 Å². The molecule has 2 amide bonds. The zero-order valence-corrected chi connectivity index (χ0v) is 17.4. The molecule has 2 aromatic carbocycles. The van der Waals surface area contributed by atoms with E-state index in [0.29, 0.717) is 11.1 Å². The van der Waals surface area contributed by atoms with Crippen LogP contribution in [0.4, 0.5) is 0 Å². The molecular weight excluding hydrogens is 424 g/mol. The molecule has 1 aliphatic rings. The number of nitrogens with one attached hydrogen (secondary N) is 1. The first-order valence-electron chi connectivity index (χ1n) is 8.85. The van der Waals surface area contributed by atoms with E-state index >= 15 is 0 Å². The number of hydrogen-bond acceptors (Lipinski definition) is 6. The maximum absolute atomic E-state index is 12.5. The van der Waals surface area contributed by atoms with E-state index in [1.54, 1.807) is 42.5 Å². The van der Waals surface area contributed by atoms with E-state index in [2.05, 4.69) is 11.9 Å². The lowest BCUT2D eigenvalue weighted by molar-refractivity contribution is -0.128. The standard InChI is InChI=1S/C21H18N2O5S2/c1-2-12-23-20(25)18(19(24)22-21(23)29)13-15-8-10-17(11-9-15)28-30(26,27)14-16-6-4-3-5-7-16/h2-11,13H,1,12,14H2,(H,22,24,29)/b18-13+. The van der Waals surface area contributed by atoms with Crippen LogP contribution in [0.5, 0.6) is 5.75 Å². The molecule has 3 rings (SSSR count). The van der Waals surface area contributed by atoms with Crippen molar-refractivity contribution in [1.29, 1.82) is 0 Å². The summed E-state index contributed by atoms with van der Waals surface area (Å²) in [6.45, 7) is 3.74. The molecule has 0 saturated carbocycles. The van der Waals surface area contributed by atoms with E-state index in [1.165, 1.54) is 29.2 Å². The van der Waals surface area contributed by atoms with Crippen LogP contribution in [0.2, 0.25) is 0 Å². The third-order valence-corrected chi connectivity index (χ3v) is 5.55. The molecule has 0 bridgehead atoms. The Morgan fingerprint density at radius 3 is 2.37 bits per heavy atom. The van der Waals surface area contributed by atoms with Gasteiger partial charge in [0.25, 0.3) is 11.8 Å². The van der Waals surface area contributed by atoms with Gasteiger partial charge in [-0.1, -0.05) is 48.5 Å². The van der Waals surface area contributed by atoms with Crippen LogP contribution >= 0.6 is 12.2 Å². The predicted octanol–water partition coefficient (Wildman–Crippen LogP) is 2.41. The number of rotatable bonds is 7. The van der Waals surface area contributed by atoms with Gasteiger partial charge in [0, 0.05) is 6.54 Å². The largest absolute Gasteiger partial charge is 0.382 e. The van der Waals surface area contributed by atoms with Crippen LogP contribution in [0.15, 0.2) is 72.8 Å². The van der Waals surface area contributed by atoms with E-state index in [9.17, 15) is 18.0 Å². The number of nitrogens with zero attached hydrogens (tertiary/aromatic N) is 1. The Kier molecular flexibility index (Phi) is 6.43. The molecule has 1 fully saturated rings. The second kappa shape index (κ2) is 9.02. The number of carbonyl (C=O) groups is 2. The Labute approximate surface area is 179 Å². The van der Waals surface area contributed by atoms with Crippen molar-refractivity contribution in [2.24, 2.45) is 0 Å². The molecule has 0 spiro atoms. The lowest BCUT2D eigenvalue weighted by Crippen LogP contribution is -2.53. The first kappa shape index (κ1) is 21.4. The molecular formula is C21H18N2O5S2. The zero-order chi connectivity index (χ0) is 21.7. The summed E-state index contributed by atoms with van der Waals surface area (Å²) in [6, 6.07) is 14.7. The molecule has 1 N–H and O–H groups in total.